The van der Waals surface area contributed by atoms with Crippen molar-refractivity contribution >= 4 is 79.8 Å². The van der Waals surface area contributed by atoms with Gasteiger partial charge in [-0.3, -0.25) is 28.8 Å². The van der Waals surface area contributed by atoms with E-state index in [-0.39, 0.29) is 34.9 Å². The highest BCUT2D eigenvalue weighted by atomic mass is 35.5. The van der Waals surface area contributed by atoms with Gasteiger partial charge in [-0.25, -0.2) is 4.90 Å². The van der Waals surface area contributed by atoms with Gasteiger partial charge in [0.05, 0.1) is 33.7 Å². The zero-order chi connectivity index (χ0) is 36.4. The third kappa shape index (κ3) is 4.50. The van der Waals surface area contributed by atoms with Crippen LogP contribution in [0.5, 0.6) is 5.75 Å². The number of phenols is 1. The molecule has 262 valence electrons. The quantitative estimate of drug-likeness (QED) is 0.147. The summed E-state index contributed by atoms with van der Waals surface area (Å²) < 4.78 is 2.61. The Hall–Kier alpha value is -4.77. The van der Waals surface area contributed by atoms with E-state index in [1.165, 1.54) is 21.9 Å². The molecular weight excluding hydrogens is 719 g/mol. The number of hydrogen-bond donors (Lipinski definition) is 1. The molecular formula is C40H32Cl2N4O5S. The van der Waals surface area contributed by atoms with Gasteiger partial charge in [-0.1, -0.05) is 59.1 Å². The largest absolute Gasteiger partial charge is 0.508 e. The number of amides is 4. The number of phenolic OH excluding ortho intramolecular Hbond substituents is 1. The maximum absolute atomic E-state index is 15.0. The number of para-hydroxylation sites is 1. The monoisotopic (exact) mass is 750 g/mol. The lowest BCUT2D eigenvalue weighted by Crippen LogP contribution is -2.49. The fourth-order valence-electron chi connectivity index (χ4n) is 9.37. The third-order valence-electron chi connectivity index (χ3n) is 11.8. The van der Waals surface area contributed by atoms with Crippen molar-refractivity contribution in [1.82, 2.24) is 9.78 Å². The molecule has 2 aromatic heterocycles. The van der Waals surface area contributed by atoms with E-state index in [1.807, 2.05) is 44.2 Å². The number of hydrogen-bond acceptors (Lipinski definition) is 7. The Labute approximate surface area is 313 Å². The highest BCUT2D eigenvalue weighted by Gasteiger charge is 2.68. The van der Waals surface area contributed by atoms with Gasteiger partial charge in [0.15, 0.2) is 0 Å². The Bertz CT molecular complexity index is 2440. The number of thiophene rings is 1. The Kier molecular flexibility index (Phi) is 7.39. The Morgan fingerprint density at radius 1 is 0.904 bits per heavy atom. The van der Waals surface area contributed by atoms with Crippen LogP contribution in [-0.2, 0) is 26.2 Å². The zero-order valence-electron chi connectivity index (χ0n) is 28.3. The summed E-state index contributed by atoms with van der Waals surface area (Å²) in [4.78, 5) is 61.4. The molecule has 9 rings (SSSR count). The van der Waals surface area contributed by atoms with E-state index < -0.39 is 40.9 Å². The SMILES string of the molecule is Cc1c(-c2cc(N3C(=O)C4CC5C(=CCC6C(=O)N(c7ccccc7)C(=O)C65)C(c5ccc(O)cc5Cl)C4(C)C3=O)n(C)n2)sc2ccc(Cl)cc12. The van der Waals surface area contributed by atoms with Crippen LogP contribution in [0.3, 0.4) is 0 Å². The number of imide groups is 2. The average molecular weight is 752 g/mol. The van der Waals surface area contributed by atoms with Crippen LogP contribution < -0.4 is 9.80 Å². The summed E-state index contributed by atoms with van der Waals surface area (Å²) in [6, 6.07) is 21.0. The standard InChI is InChI=1S/C40H32Cl2N4O5S/c1-19-26-15-20(41)9-14-31(26)52-35(19)30-18-32(44(3)43-30)46-37(49)28-17-27-23(34(40(28,2)39(46)51)24-11-10-22(47)16-29(24)42)12-13-25-33(27)38(50)45(36(25)48)21-7-5-4-6-8-21/h4-12,14-16,18,25,27-28,33-34,47H,13,17H2,1-3H3. The number of aromatic nitrogens is 2. The summed E-state index contributed by atoms with van der Waals surface area (Å²) in [5.41, 5.74) is 2.23. The smallest absolute Gasteiger partial charge is 0.242 e. The van der Waals surface area contributed by atoms with Gasteiger partial charge in [-0.05, 0) is 91.6 Å². The zero-order valence-corrected chi connectivity index (χ0v) is 30.7. The molecule has 1 saturated carbocycles. The van der Waals surface area contributed by atoms with Crippen LogP contribution in [0.4, 0.5) is 11.5 Å². The molecule has 3 aromatic carbocycles. The van der Waals surface area contributed by atoms with E-state index in [1.54, 1.807) is 59.5 Å². The minimum atomic E-state index is -1.30. The van der Waals surface area contributed by atoms with Crippen molar-refractivity contribution in [2.75, 3.05) is 9.80 Å². The molecule has 4 heterocycles. The summed E-state index contributed by atoms with van der Waals surface area (Å²) in [6.07, 6.45) is 2.51. The van der Waals surface area contributed by atoms with Crippen molar-refractivity contribution in [3.8, 4) is 16.3 Å². The highest BCUT2D eigenvalue weighted by molar-refractivity contribution is 7.22. The van der Waals surface area contributed by atoms with E-state index >= 15 is 4.79 Å². The van der Waals surface area contributed by atoms with Crippen molar-refractivity contribution in [2.24, 2.45) is 36.1 Å². The van der Waals surface area contributed by atoms with Crippen LogP contribution in [-0.4, -0.2) is 38.5 Å². The van der Waals surface area contributed by atoms with Gasteiger partial charge in [0.2, 0.25) is 23.6 Å². The van der Waals surface area contributed by atoms with E-state index in [9.17, 15) is 19.5 Å². The molecule has 2 aliphatic heterocycles. The molecule has 6 atom stereocenters. The number of nitrogens with zero attached hydrogens (tertiary/aromatic N) is 4. The molecule has 0 radical (unpaired) electrons. The lowest BCUT2D eigenvalue weighted by molar-refractivity contribution is -0.131. The van der Waals surface area contributed by atoms with E-state index in [4.69, 9.17) is 28.3 Å². The molecule has 0 bridgehead atoms. The van der Waals surface area contributed by atoms with Crippen LogP contribution in [0.2, 0.25) is 10.0 Å². The molecule has 3 fully saturated rings. The third-order valence-corrected chi connectivity index (χ3v) is 13.7. The first-order valence-electron chi connectivity index (χ1n) is 17.1. The van der Waals surface area contributed by atoms with Crippen LogP contribution in [0, 0.1) is 36.0 Å². The van der Waals surface area contributed by atoms with Gasteiger partial charge in [0.25, 0.3) is 0 Å². The number of aryl methyl sites for hydroxylation is 2. The molecule has 6 unspecified atom stereocenters. The number of fused-ring (bicyclic) bond motifs is 5. The fraction of sp³-hybridized carbons (Fsp3) is 0.275. The first-order valence-corrected chi connectivity index (χ1v) is 18.7. The summed E-state index contributed by atoms with van der Waals surface area (Å²) >= 11 is 14.7. The molecule has 2 aliphatic carbocycles. The Balaban J connectivity index is 1.16. The molecule has 52 heavy (non-hydrogen) atoms. The van der Waals surface area contributed by atoms with Gasteiger partial charge >= 0.3 is 0 Å². The summed E-state index contributed by atoms with van der Waals surface area (Å²) in [6.45, 7) is 3.81. The summed E-state index contributed by atoms with van der Waals surface area (Å²) in [5.74, 6) is -4.39. The maximum Gasteiger partial charge on any atom is 0.242 e. The second-order valence-corrected chi connectivity index (χ2v) is 16.3. The highest BCUT2D eigenvalue weighted by Crippen LogP contribution is 2.64. The van der Waals surface area contributed by atoms with Crippen molar-refractivity contribution in [1.29, 1.82) is 0 Å². The van der Waals surface area contributed by atoms with Gasteiger partial charge < -0.3 is 5.11 Å². The normalized spacial score (nSPS) is 26.9. The number of benzene rings is 3. The molecule has 12 heteroatoms. The lowest BCUT2D eigenvalue weighted by atomic mass is 9.51. The summed E-state index contributed by atoms with van der Waals surface area (Å²) in [7, 11) is 1.71. The van der Waals surface area contributed by atoms with Crippen LogP contribution in [0.25, 0.3) is 20.7 Å². The lowest BCUT2D eigenvalue weighted by Gasteiger charge is -2.49. The molecule has 5 aromatic rings. The van der Waals surface area contributed by atoms with E-state index in [2.05, 4.69) is 0 Å². The second-order valence-electron chi connectivity index (χ2n) is 14.4. The van der Waals surface area contributed by atoms with Crippen LogP contribution >= 0.6 is 34.5 Å². The maximum atomic E-state index is 15.0. The van der Waals surface area contributed by atoms with Crippen molar-refractivity contribution < 1.29 is 24.3 Å². The van der Waals surface area contributed by atoms with Crippen molar-refractivity contribution in [3.05, 3.63) is 106 Å². The Morgan fingerprint density at radius 2 is 1.67 bits per heavy atom. The Morgan fingerprint density at radius 3 is 2.42 bits per heavy atom. The van der Waals surface area contributed by atoms with Crippen molar-refractivity contribution in [2.45, 2.75) is 32.6 Å². The number of carbonyl (C=O) groups excluding carboxylic acids is 4. The molecule has 2 saturated heterocycles. The van der Waals surface area contributed by atoms with Gasteiger partial charge in [-0.15, -0.1) is 11.3 Å². The molecule has 1 N–H and O–H groups in total. The van der Waals surface area contributed by atoms with E-state index in [0.29, 0.717) is 34.2 Å². The topological polar surface area (TPSA) is 113 Å². The number of carbonyl (C=O) groups is 4. The average Bonchev–Trinajstić information content (AvgIpc) is 3.79. The first-order chi connectivity index (χ1) is 24.9. The predicted molar refractivity (Wildman–Crippen MR) is 200 cm³/mol. The van der Waals surface area contributed by atoms with E-state index in [0.717, 1.165) is 26.1 Å². The predicted octanol–water partition coefficient (Wildman–Crippen LogP) is 8.06. The number of aromatic hydroxyl groups is 1. The molecule has 0 spiro atoms. The van der Waals surface area contributed by atoms with Gasteiger partial charge in [0.1, 0.15) is 17.3 Å². The van der Waals surface area contributed by atoms with Gasteiger partial charge in [-0.2, -0.15) is 5.10 Å². The fourth-order valence-corrected chi connectivity index (χ4v) is 11.0. The second kappa shape index (κ2) is 11.6. The number of allylic oxidation sites excluding steroid dienone is 2. The van der Waals surface area contributed by atoms with Crippen molar-refractivity contribution in [3.63, 3.8) is 0 Å². The minimum Gasteiger partial charge on any atom is -0.508 e. The van der Waals surface area contributed by atoms with Crippen LogP contribution in [0.15, 0.2) is 84.4 Å². The van der Waals surface area contributed by atoms with Gasteiger partial charge in [0, 0.05) is 33.8 Å². The molecule has 4 amide bonds. The number of halogens is 2. The molecule has 4 aliphatic rings. The minimum absolute atomic E-state index is 0.0350. The number of rotatable bonds is 4. The summed E-state index contributed by atoms with van der Waals surface area (Å²) in [5, 5.41) is 17.0. The first kappa shape index (κ1) is 33.1. The number of anilines is 2. The van der Waals surface area contributed by atoms with Crippen LogP contribution in [0.1, 0.15) is 36.8 Å². The molecule has 9 nitrogen and oxygen atoms in total.